The van der Waals surface area contributed by atoms with Gasteiger partial charge in [0.2, 0.25) is 5.58 Å². The number of allylic oxidation sites excluding steroid dienone is 2. The molecule has 0 aliphatic carbocycles. The van der Waals surface area contributed by atoms with Crippen molar-refractivity contribution in [1.29, 1.82) is 0 Å². The van der Waals surface area contributed by atoms with Crippen molar-refractivity contribution in [1.82, 2.24) is 0 Å². The molecule has 0 fully saturated rings. The van der Waals surface area contributed by atoms with Gasteiger partial charge in [0, 0.05) is 19.5 Å². The lowest BCUT2D eigenvalue weighted by atomic mass is 10.2. The van der Waals surface area contributed by atoms with Crippen molar-refractivity contribution >= 4 is 22.9 Å². The molecule has 126 valence electrons. The highest BCUT2D eigenvalue weighted by molar-refractivity contribution is 5.69. The molecule has 25 heavy (non-hydrogen) atoms. The Bertz CT molecular complexity index is 955. The summed E-state index contributed by atoms with van der Waals surface area (Å²) < 4.78 is 13.9. The monoisotopic (exact) mass is 333 g/mol. The normalized spacial score (nSPS) is 16.9. The molecule has 0 bridgehead atoms. The summed E-state index contributed by atoms with van der Waals surface area (Å²) in [5.74, 6) is 1.78. The lowest BCUT2D eigenvalue weighted by molar-refractivity contribution is -0.652. The van der Waals surface area contributed by atoms with Gasteiger partial charge in [-0.05, 0) is 18.2 Å². The maximum atomic E-state index is 5.97. The van der Waals surface area contributed by atoms with Crippen molar-refractivity contribution in [3.8, 4) is 5.75 Å². The summed E-state index contributed by atoms with van der Waals surface area (Å²) in [4.78, 5) is 2.17. The van der Waals surface area contributed by atoms with E-state index in [2.05, 4.69) is 30.2 Å². The highest BCUT2D eigenvalue weighted by atomic mass is 16.5. The maximum absolute atomic E-state index is 5.97. The molecule has 2 heterocycles. The molecular formula is C21H21N2O2+. The van der Waals surface area contributed by atoms with E-state index in [1.165, 1.54) is 0 Å². The highest BCUT2D eigenvalue weighted by Gasteiger charge is 2.26. The fourth-order valence-electron chi connectivity index (χ4n) is 3.11. The van der Waals surface area contributed by atoms with E-state index in [9.17, 15) is 0 Å². The second-order valence-electron chi connectivity index (χ2n) is 6.14. The summed E-state index contributed by atoms with van der Waals surface area (Å²) in [5.41, 5.74) is 3.13. The molecule has 1 unspecified atom stereocenters. The fraction of sp³-hybridized carbons (Fsp3) is 0.190. The molecule has 2 aromatic carbocycles. The van der Waals surface area contributed by atoms with Crippen molar-refractivity contribution in [3.63, 3.8) is 0 Å². The van der Waals surface area contributed by atoms with Gasteiger partial charge in [0.25, 0.3) is 5.52 Å². The second-order valence-corrected chi connectivity index (χ2v) is 6.14. The Labute approximate surface area is 147 Å². The molecule has 1 aromatic heterocycles. The number of anilines is 1. The highest BCUT2D eigenvalue weighted by Crippen LogP contribution is 2.36. The molecule has 0 saturated heterocycles. The Morgan fingerprint density at radius 1 is 1.08 bits per heavy atom. The maximum Gasteiger partial charge on any atom is 0.373 e. The third-order valence-electron chi connectivity index (χ3n) is 4.54. The van der Waals surface area contributed by atoms with E-state index in [-0.39, 0.29) is 6.23 Å². The van der Waals surface area contributed by atoms with Crippen LogP contribution in [0, 0.1) is 0 Å². The molecule has 1 aliphatic rings. The van der Waals surface area contributed by atoms with Gasteiger partial charge in [0.1, 0.15) is 12.8 Å². The number of para-hydroxylation sites is 4. The van der Waals surface area contributed by atoms with Crippen molar-refractivity contribution in [3.05, 3.63) is 72.6 Å². The summed E-state index contributed by atoms with van der Waals surface area (Å²) in [5, 5.41) is 0. The van der Waals surface area contributed by atoms with Crippen molar-refractivity contribution in [2.24, 2.45) is 7.05 Å². The van der Waals surface area contributed by atoms with E-state index in [0.717, 1.165) is 34.8 Å². The Balaban J connectivity index is 1.40. The third kappa shape index (κ3) is 2.91. The zero-order valence-electron chi connectivity index (χ0n) is 14.4. The molecule has 4 rings (SSSR count). The molecule has 3 aromatic rings. The SMILES string of the molecule is CN1c2ccccc2OC1C/C=C/C=C/c1oc2ccccc2[n+]1C. The Kier molecular flexibility index (Phi) is 4.02. The minimum Gasteiger partial charge on any atom is -0.468 e. The topological polar surface area (TPSA) is 29.5 Å². The zero-order chi connectivity index (χ0) is 17.2. The smallest absolute Gasteiger partial charge is 0.373 e. The van der Waals surface area contributed by atoms with Crippen LogP contribution in [0.5, 0.6) is 5.75 Å². The van der Waals surface area contributed by atoms with Gasteiger partial charge < -0.3 is 14.1 Å². The molecule has 4 heteroatoms. The molecule has 4 nitrogen and oxygen atoms in total. The number of fused-ring (bicyclic) bond motifs is 2. The minimum absolute atomic E-state index is 0.0457. The molecule has 0 saturated carbocycles. The lowest BCUT2D eigenvalue weighted by Gasteiger charge is -2.18. The molecule has 1 atom stereocenters. The molecule has 1 aliphatic heterocycles. The van der Waals surface area contributed by atoms with Gasteiger partial charge in [0.05, 0.1) is 11.8 Å². The van der Waals surface area contributed by atoms with Crippen LogP contribution in [-0.4, -0.2) is 13.3 Å². The first kappa shape index (κ1) is 15.5. The van der Waals surface area contributed by atoms with Gasteiger partial charge in [-0.3, -0.25) is 0 Å². The quantitative estimate of drug-likeness (QED) is 0.532. The average molecular weight is 333 g/mol. The number of aromatic nitrogens is 1. The number of ether oxygens (including phenoxy) is 1. The largest absolute Gasteiger partial charge is 0.468 e. The Morgan fingerprint density at radius 2 is 1.88 bits per heavy atom. The van der Waals surface area contributed by atoms with Crippen LogP contribution in [0.1, 0.15) is 12.3 Å². The summed E-state index contributed by atoms with van der Waals surface area (Å²) in [6.45, 7) is 0. The first-order valence-electron chi connectivity index (χ1n) is 8.43. The zero-order valence-corrected chi connectivity index (χ0v) is 14.4. The standard InChI is InChI=1S/C21H21N2O2/c1-22-16-10-6-8-12-18(16)24-20(22)14-4-3-5-15-21-23(2)17-11-7-9-13-19(17)25-21/h3-14,21H,15H2,1-2H3/q+1/b5-3+,14-4+. The number of benzene rings is 2. The first-order valence-corrected chi connectivity index (χ1v) is 8.43. The van der Waals surface area contributed by atoms with Crippen LogP contribution in [0.25, 0.3) is 17.2 Å². The van der Waals surface area contributed by atoms with Gasteiger partial charge in [-0.1, -0.05) is 42.5 Å². The summed E-state index contributed by atoms with van der Waals surface area (Å²) in [6.07, 6.45) is 9.00. The van der Waals surface area contributed by atoms with Crippen molar-refractivity contribution in [2.75, 3.05) is 11.9 Å². The number of aryl methyl sites for hydroxylation is 1. The molecule has 0 radical (unpaired) electrons. The van der Waals surface area contributed by atoms with E-state index < -0.39 is 0 Å². The predicted molar refractivity (Wildman–Crippen MR) is 99.4 cm³/mol. The molecule has 0 N–H and O–H groups in total. The summed E-state index contributed by atoms with van der Waals surface area (Å²) in [6, 6.07) is 16.2. The lowest BCUT2D eigenvalue weighted by Crippen LogP contribution is -2.30. The van der Waals surface area contributed by atoms with Crippen LogP contribution in [0.2, 0.25) is 0 Å². The van der Waals surface area contributed by atoms with Crippen LogP contribution in [0.3, 0.4) is 0 Å². The van der Waals surface area contributed by atoms with Gasteiger partial charge in [0.15, 0.2) is 6.23 Å². The predicted octanol–water partition coefficient (Wildman–Crippen LogP) is 4.07. The van der Waals surface area contributed by atoms with Gasteiger partial charge in [-0.15, -0.1) is 0 Å². The van der Waals surface area contributed by atoms with E-state index in [4.69, 9.17) is 9.15 Å². The minimum atomic E-state index is 0.0457. The second kappa shape index (κ2) is 6.48. The number of rotatable bonds is 4. The van der Waals surface area contributed by atoms with Gasteiger partial charge >= 0.3 is 5.89 Å². The van der Waals surface area contributed by atoms with Crippen molar-refractivity contribution < 1.29 is 13.7 Å². The number of hydrogen-bond donors (Lipinski definition) is 0. The van der Waals surface area contributed by atoms with E-state index in [0.29, 0.717) is 0 Å². The summed E-state index contributed by atoms with van der Waals surface area (Å²) in [7, 11) is 4.07. The number of hydrogen-bond acceptors (Lipinski definition) is 3. The molecule has 0 spiro atoms. The van der Waals surface area contributed by atoms with Crippen LogP contribution in [-0.2, 0) is 7.05 Å². The summed E-state index contributed by atoms with van der Waals surface area (Å²) >= 11 is 0. The average Bonchev–Trinajstić information content (AvgIpc) is 3.13. The van der Waals surface area contributed by atoms with E-state index in [1.54, 1.807) is 0 Å². The van der Waals surface area contributed by atoms with Gasteiger partial charge in [-0.25, -0.2) is 0 Å². The number of oxazole rings is 1. The Hall–Kier alpha value is -3.01. The van der Waals surface area contributed by atoms with Gasteiger partial charge in [-0.2, -0.15) is 4.57 Å². The third-order valence-corrected chi connectivity index (χ3v) is 4.54. The van der Waals surface area contributed by atoms with Crippen LogP contribution in [0.15, 0.2) is 71.2 Å². The van der Waals surface area contributed by atoms with Crippen LogP contribution < -0.4 is 14.2 Å². The van der Waals surface area contributed by atoms with E-state index in [1.807, 2.05) is 66.2 Å². The molecular weight excluding hydrogens is 312 g/mol. The first-order chi connectivity index (χ1) is 12.2. The van der Waals surface area contributed by atoms with Crippen LogP contribution in [0.4, 0.5) is 5.69 Å². The number of nitrogens with zero attached hydrogens (tertiary/aromatic N) is 2. The Morgan fingerprint density at radius 3 is 2.72 bits per heavy atom. The van der Waals surface area contributed by atoms with E-state index >= 15 is 0 Å². The van der Waals surface area contributed by atoms with Crippen molar-refractivity contribution in [2.45, 2.75) is 12.6 Å². The van der Waals surface area contributed by atoms with Crippen LogP contribution >= 0.6 is 0 Å². The molecule has 0 amide bonds. The fourth-order valence-corrected chi connectivity index (χ4v) is 3.11.